The van der Waals surface area contributed by atoms with Gasteiger partial charge in [0.1, 0.15) is 0 Å². The van der Waals surface area contributed by atoms with E-state index < -0.39 is 0 Å². The number of esters is 1. The van der Waals surface area contributed by atoms with Gasteiger partial charge in [-0.15, -0.1) is 0 Å². The summed E-state index contributed by atoms with van der Waals surface area (Å²) in [5.74, 6) is 0.475. The molecule has 1 N–H and O–H groups in total. The molecule has 2 fully saturated rings. The maximum absolute atomic E-state index is 11.1. The van der Waals surface area contributed by atoms with Crippen molar-refractivity contribution in [1.29, 1.82) is 0 Å². The summed E-state index contributed by atoms with van der Waals surface area (Å²) in [5.41, 5.74) is 1.28. The highest BCUT2D eigenvalue weighted by Gasteiger charge is 2.55. The van der Waals surface area contributed by atoms with Crippen LogP contribution >= 0.6 is 0 Å². The highest BCUT2D eigenvalue weighted by atomic mass is 16.5. The normalized spacial score (nSPS) is 40.0. The molecule has 114 valence electrons. The van der Waals surface area contributed by atoms with E-state index in [-0.39, 0.29) is 28.8 Å². The van der Waals surface area contributed by atoms with Gasteiger partial charge >= 0.3 is 5.97 Å². The van der Waals surface area contributed by atoms with Crippen molar-refractivity contribution in [2.45, 2.75) is 59.5 Å². The van der Waals surface area contributed by atoms with Crippen molar-refractivity contribution in [2.75, 3.05) is 6.61 Å². The molecule has 0 aromatic carbocycles. The number of carbonyl (C=O) groups is 1. The maximum Gasteiger partial charge on any atom is 0.302 e. The van der Waals surface area contributed by atoms with E-state index in [2.05, 4.69) is 27.4 Å². The number of aliphatic hydroxyl groups is 1. The fraction of sp³-hybridized carbons (Fsp3) is 0.824. The Kier molecular flexibility index (Phi) is 4.03. The quantitative estimate of drug-likeness (QED) is 0.623. The van der Waals surface area contributed by atoms with E-state index in [4.69, 9.17) is 4.74 Å². The van der Waals surface area contributed by atoms with Crippen LogP contribution in [0.3, 0.4) is 0 Å². The van der Waals surface area contributed by atoms with E-state index >= 15 is 0 Å². The fourth-order valence-corrected chi connectivity index (χ4v) is 4.95. The first kappa shape index (κ1) is 15.6. The summed E-state index contributed by atoms with van der Waals surface area (Å²) in [4.78, 5) is 11.1. The molecule has 0 amide bonds. The van der Waals surface area contributed by atoms with Crippen LogP contribution in [0.5, 0.6) is 0 Å². The first-order valence-corrected chi connectivity index (χ1v) is 7.66. The van der Waals surface area contributed by atoms with Crippen LogP contribution in [0.25, 0.3) is 0 Å². The lowest BCUT2D eigenvalue weighted by atomic mass is 9.47. The number of carbonyl (C=O) groups excluding carboxylic acids is 1. The highest BCUT2D eigenvalue weighted by molar-refractivity contribution is 5.65. The Balaban J connectivity index is 2.29. The Morgan fingerprint density at radius 3 is 2.65 bits per heavy atom. The number of rotatable bonds is 2. The zero-order chi connectivity index (χ0) is 15.1. The van der Waals surface area contributed by atoms with Gasteiger partial charge in [0, 0.05) is 12.8 Å². The molecule has 0 spiro atoms. The van der Waals surface area contributed by atoms with Gasteiger partial charge < -0.3 is 9.84 Å². The van der Waals surface area contributed by atoms with Crippen LogP contribution in [0.4, 0.5) is 0 Å². The summed E-state index contributed by atoms with van der Waals surface area (Å²) >= 11 is 0. The Hall–Kier alpha value is -0.830. The molecule has 0 bridgehead atoms. The second kappa shape index (κ2) is 5.18. The zero-order valence-corrected chi connectivity index (χ0v) is 13.2. The SMILES string of the molecule is C=C1CCC2C(C)(C)CC(O)CC2(C)C1COC(C)=O. The Bertz CT molecular complexity index is 412. The average Bonchev–Trinajstić information content (AvgIpc) is 2.24. The molecule has 0 radical (unpaired) electrons. The molecule has 20 heavy (non-hydrogen) atoms. The molecule has 0 saturated heterocycles. The maximum atomic E-state index is 11.1. The first-order chi connectivity index (χ1) is 9.17. The summed E-state index contributed by atoms with van der Waals surface area (Å²) in [5, 5.41) is 10.3. The van der Waals surface area contributed by atoms with Crippen LogP contribution in [0.2, 0.25) is 0 Å². The first-order valence-electron chi connectivity index (χ1n) is 7.66. The molecule has 0 aromatic heterocycles. The van der Waals surface area contributed by atoms with Gasteiger partial charge in [-0.1, -0.05) is 32.9 Å². The van der Waals surface area contributed by atoms with E-state index in [9.17, 15) is 9.90 Å². The lowest BCUT2D eigenvalue weighted by Gasteiger charge is -2.58. The lowest BCUT2D eigenvalue weighted by Crippen LogP contribution is -2.54. The van der Waals surface area contributed by atoms with E-state index in [1.807, 2.05) is 0 Å². The van der Waals surface area contributed by atoms with Gasteiger partial charge in [-0.05, 0) is 42.4 Å². The van der Waals surface area contributed by atoms with Crippen LogP contribution in [-0.2, 0) is 9.53 Å². The number of hydrogen-bond acceptors (Lipinski definition) is 3. The van der Waals surface area contributed by atoms with Crippen molar-refractivity contribution in [3.63, 3.8) is 0 Å². The van der Waals surface area contributed by atoms with E-state index in [0.29, 0.717) is 12.5 Å². The second-order valence-corrected chi connectivity index (χ2v) is 7.66. The van der Waals surface area contributed by atoms with Crippen molar-refractivity contribution in [1.82, 2.24) is 0 Å². The molecule has 2 aliphatic carbocycles. The Morgan fingerprint density at radius 1 is 1.40 bits per heavy atom. The van der Waals surface area contributed by atoms with Gasteiger partial charge in [-0.3, -0.25) is 4.79 Å². The molecule has 0 aromatic rings. The summed E-state index contributed by atoms with van der Waals surface area (Å²) < 4.78 is 5.29. The molecule has 3 heteroatoms. The van der Waals surface area contributed by atoms with Crippen molar-refractivity contribution in [3.8, 4) is 0 Å². The molecular formula is C17H28O3. The number of hydrogen-bond donors (Lipinski definition) is 1. The molecule has 2 saturated carbocycles. The molecule has 2 rings (SSSR count). The minimum absolute atomic E-state index is 0.0219. The summed E-state index contributed by atoms with van der Waals surface area (Å²) in [6, 6.07) is 0. The minimum atomic E-state index is -0.267. The predicted molar refractivity (Wildman–Crippen MR) is 79.1 cm³/mol. The van der Waals surface area contributed by atoms with Gasteiger partial charge in [-0.2, -0.15) is 0 Å². The topological polar surface area (TPSA) is 46.5 Å². The molecule has 2 aliphatic rings. The molecule has 4 unspecified atom stereocenters. The zero-order valence-electron chi connectivity index (χ0n) is 13.2. The highest BCUT2D eigenvalue weighted by Crippen LogP contribution is 2.60. The second-order valence-electron chi connectivity index (χ2n) is 7.66. The number of ether oxygens (including phenoxy) is 1. The van der Waals surface area contributed by atoms with Crippen molar-refractivity contribution >= 4 is 5.97 Å². The number of fused-ring (bicyclic) bond motifs is 1. The smallest absolute Gasteiger partial charge is 0.302 e. The molecular weight excluding hydrogens is 252 g/mol. The standard InChI is InChI=1S/C17H28O3/c1-11-6-7-15-16(3,4)8-13(19)9-17(15,5)14(11)10-20-12(2)18/h13-15,19H,1,6-10H2,2-5H3. The summed E-state index contributed by atoms with van der Waals surface area (Å²) in [6.45, 7) is 12.8. The van der Waals surface area contributed by atoms with Crippen LogP contribution in [-0.4, -0.2) is 23.8 Å². The summed E-state index contributed by atoms with van der Waals surface area (Å²) in [6.07, 6.45) is 3.51. The fourth-order valence-electron chi connectivity index (χ4n) is 4.95. The van der Waals surface area contributed by atoms with Gasteiger partial charge in [0.2, 0.25) is 0 Å². The Morgan fingerprint density at radius 2 is 2.05 bits per heavy atom. The molecule has 4 atom stereocenters. The third kappa shape index (κ3) is 2.65. The lowest BCUT2D eigenvalue weighted by molar-refractivity contribution is -0.149. The van der Waals surface area contributed by atoms with Crippen molar-refractivity contribution in [2.24, 2.45) is 22.7 Å². The van der Waals surface area contributed by atoms with Crippen LogP contribution in [0, 0.1) is 22.7 Å². The van der Waals surface area contributed by atoms with Crippen LogP contribution in [0.15, 0.2) is 12.2 Å². The monoisotopic (exact) mass is 280 g/mol. The van der Waals surface area contributed by atoms with E-state index in [1.54, 1.807) is 0 Å². The van der Waals surface area contributed by atoms with Gasteiger partial charge in [-0.25, -0.2) is 0 Å². The third-order valence-electron chi connectivity index (χ3n) is 5.67. The average molecular weight is 280 g/mol. The molecule has 0 heterocycles. The third-order valence-corrected chi connectivity index (χ3v) is 5.67. The minimum Gasteiger partial charge on any atom is -0.465 e. The van der Waals surface area contributed by atoms with E-state index in [1.165, 1.54) is 12.5 Å². The number of aliphatic hydroxyl groups excluding tert-OH is 1. The molecule has 3 nitrogen and oxygen atoms in total. The summed E-state index contributed by atoms with van der Waals surface area (Å²) in [7, 11) is 0. The van der Waals surface area contributed by atoms with Gasteiger partial charge in [0.15, 0.2) is 0 Å². The predicted octanol–water partition coefficient (Wildman–Crippen LogP) is 3.32. The van der Waals surface area contributed by atoms with Gasteiger partial charge in [0.05, 0.1) is 12.7 Å². The van der Waals surface area contributed by atoms with Gasteiger partial charge in [0.25, 0.3) is 0 Å². The largest absolute Gasteiger partial charge is 0.465 e. The van der Waals surface area contributed by atoms with Crippen molar-refractivity contribution in [3.05, 3.63) is 12.2 Å². The van der Waals surface area contributed by atoms with Crippen LogP contribution < -0.4 is 0 Å². The molecule has 0 aliphatic heterocycles. The Labute approximate surface area is 122 Å². The van der Waals surface area contributed by atoms with Crippen LogP contribution in [0.1, 0.15) is 53.4 Å². The van der Waals surface area contributed by atoms with E-state index in [0.717, 1.165) is 25.7 Å². The van der Waals surface area contributed by atoms with Crippen molar-refractivity contribution < 1.29 is 14.6 Å².